The molecule has 3 aromatic rings. The summed E-state index contributed by atoms with van der Waals surface area (Å²) in [5, 5.41) is 0.207. The molecule has 0 aliphatic carbocycles. The smallest absolute Gasteiger partial charge is 0.344 e. The Bertz CT molecular complexity index is 1880. The van der Waals surface area contributed by atoms with Crippen molar-refractivity contribution in [3.63, 3.8) is 0 Å². The van der Waals surface area contributed by atoms with Gasteiger partial charge in [-0.1, -0.05) is 29.0 Å². The molecule has 0 radical (unpaired) electrons. The Kier molecular flexibility index (Phi) is 12.2. The summed E-state index contributed by atoms with van der Waals surface area (Å²) in [4.78, 5) is 55.8. The van der Waals surface area contributed by atoms with E-state index in [-0.39, 0.29) is 55.1 Å². The molecule has 0 N–H and O–H groups in total. The fourth-order valence-corrected chi connectivity index (χ4v) is 6.71. The second kappa shape index (κ2) is 16.1. The number of rotatable bonds is 13. The van der Waals surface area contributed by atoms with Crippen LogP contribution in [0.5, 0.6) is 17.2 Å². The van der Waals surface area contributed by atoms with Crippen LogP contribution in [0, 0.1) is 0 Å². The quantitative estimate of drug-likeness (QED) is 0.185. The zero-order valence-corrected chi connectivity index (χ0v) is 29.4. The van der Waals surface area contributed by atoms with E-state index >= 15 is 0 Å². The lowest BCUT2D eigenvalue weighted by Gasteiger charge is -2.25. The Balaban J connectivity index is 1.82. The number of methoxy groups -OCH3 is 1. The van der Waals surface area contributed by atoms with Gasteiger partial charge in [0.2, 0.25) is 0 Å². The first-order valence-corrected chi connectivity index (χ1v) is 16.4. The van der Waals surface area contributed by atoms with E-state index in [1.807, 2.05) is 0 Å². The van der Waals surface area contributed by atoms with Crippen LogP contribution < -0.4 is 29.1 Å². The maximum atomic E-state index is 14.1. The van der Waals surface area contributed by atoms with Crippen molar-refractivity contribution in [2.75, 3.05) is 40.1 Å². The van der Waals surface area contributed by atoms with Gasteiger partial charge >= 0.3 is 17.9 Å². The number of ether oxygens (including phenoxy) is 6. The SMILES string of the molecule is CCOC(=O)COc1c(Cl)cc(/C=c2\sc3n(c2=O)[C@H](c2ccc(OCC(=O)OC)c(OCC)c2)C(C(=O)OCC)=C(C)N=3)cc1Br. The lowest BCUT2D eigenvalue weighted by atomic mass is 9.95. The summed E-state index contributed by atoms with van der Waals surface area (Å²) >= 11 is 11.0. The van der Waals surface area contributed by atoms with Crippen molar-refractivity contribution in [2.45, 2.75) is 33.7 Å². The molecular formula is C32H32BrClN2O10S. The highest BCUT2D eigenvalue weighted by molar-refractivity contribution is 9.10. The van der Waals surface area contributed by atoms with E-state index in [9.17, 15) is 19.2 Å². The fourth-order valence-electron chi connectivity index (χ4n) is 4.67. The summed E-state index contributed by atoms with van der Waals surface area (Å²) in [6, 6.07) is 7.30. The van der Waals surface area contributed by atoms with Crippen LogP contribution in [0.2, 0.25) is 5.02 Å². The van der Waals surface area contributed by atoms with Crippen molar-refractivity contribution in [3.05, 3.63) is 81.9 Å². The standard InChI is InChI=1S/C32H32BrClN2O10S/c1-6-42-23-14-19(9-10-22(23)45-15-25(37)41-5)28-27(31(40)44-8-3)17(4)35-32-36(28)30(39)24(47-32)13-18-11-20(33)29(21(34)12-18)46-16-26(38)43-7-2/h9-14,28H,6-8,15-16H2,1-5H3/b24-13-/t28-/m1/s1. The van der Waals surface area contributed by atoms with Gasteiger partial charge in [0, 0.05) is 0 Å². The Labute approximate surface area is 287 Å². The summed E-state index contributed by atoms with van der Waals surface area (Å²) in [6.07, 6.45) is 1.64. The molecule has 0 unspecified atom stereocenters. The van der Waals surface area contributed by atoms with Crippen LogP contribution in [-0.2, 0) is 28.6 Å². The third kappa shape index (κ3) is 8.24. The first-order valence-electron chi connectivity index (χ1n) is 14.5. The van der Waals surface area contributed by atoms with Crippen LogP contribution in [0.1, 0.15) is 44.9 Å². The average molecular weight is 752 g/mol. The van der Waals surface area contributed by atoms with Gasteiger partial charge in [-0.2, -0.15) is 0 Å². The number of thiazole rings is 1. The molecular weight excluding hydrogens is 720 g/mol. The molecule has 1 aliphatic rings. The van der Waals surface area contributed by atoms with Crippen molar-refractivity contribution < 1.29 is 42.8 Å². The highest BCUT2D eigenvalue weighted by atomic mass is 79.9. The first-order chi connectivity index (χ1) is 22.5. The Morgan fingerprint density at radius 1 is 0.979 bits per heavy atom. The first kappa shape index (κ1) is 35.7. The summed E-state index contributed by atoms with van der Waals surface area (Å²) in [5.41, 5.74) is 1.26. The predicted octanol–water partition coefficient (Wildman–Crippen LogP) is 4.11. The number of fused-ring (bicyclic) bond motifs is 1. The number of carbonyl (C=O) groups excluding carboxylic acids is 3. The highest BCUT2D eigenvalue weighted by Gasteiger charge is 2.34. The number of hydrogen-bond donors (Lipinski definition) is 0. The number of benzene rings is 2. The van der Waals surface area contributed by atoms with Crippen LogP contribution in [0.25, 0.3) is 6.08 Å². The molecule has 2 heterocycles. The minimum Gasteiger partial charge on any atom is -0.490 e. The second-order valence-electron chi connectivity index (χ2n) is 9.71. The minimum atomic E-state index is -0.921. The van der Waals surface area contributed by atoms with E-state index in [0.29, 0.717) is 36.4 Å². The molecule has 0 saturated carbocycles. The van der Waals surface area contributed by atoms with Crippen LogP contribution in [0.4, 0.5) is 0 Å². The van der Waals surface area contributed by atoms with E-state index in [1.165, 1.54) is 11.7 Å². The highest BCUT2D eigenvalue weighted by Crippen LogP contribution is 2.37. The summed E-state index contributed by atoms with van der Waals surface area (Å²) in [5.74, 6) is -0.894. The Morgan fingerprint density at radius 2 is 1.70 bits per heavy atom. The van der Waals surface area contributed by atoms with Crippen molar-refractivity contribution in [3.8, 4) is 17.2 Å². The third-order valence-electron chi connectivity index (χ3n) is 6.63. The van der Waals surface area contributed by atoms with Crippen molar-refractivity contribution in [1.82, 2.24) is 4.57 Å². The Hall–Kier alpha value is -4.14. The van der Waals surface area contributed by atoms with Gasteiger partial charge in [0.15, 0.2) is 35.3 Å². The van der Waals surface area contributed by atoms with Crippen molar-refractivity contribution in [2.24, 2.45) is 4.99 Å². The summed E-state index contributed by atoms with van der Waals surface area (Å²) in [6.45, 7) is 6.81. The molecule has 12 nitrogen and oxygen atoms in total. The number of esters is 3. The van der Waals surface area contributed by atoms with Gasteiger partial charge in [-0.15, -0.1) is 0 Å². The van der Waals surface area contributed by atoms with E-state index in [1.54, 1.807) is 64.1 Å². The van der Waals surface area contributed by atoms with Gasteiger partial charge < -0.3 is 28.4 Å². The van der Waals surface area contributed by atoms with Gasteiger partial charge in [-0.05, 0) is 85.1 Å². The molecule has 1 aromatic heterocycles. The van der Waals surface area contributed by atoms with Gasteiger partial charge in [0.1, 0.15) is 0 Å². The molecule has 1 atom stereocenters. The summed E-state index contributed by atoms with van der Waals surface area (Å²) < 4.78 is 34.1. The number of hydrogen-bond acceptors (Lipinski definition) is 12. The third-order valence-corrected chi connectivity index (χ3v) is 8.48. The molecule has 47 heavy (non-hydrogen) atoms. The molecule has 1 aliphatic heterocycles. The molecule has 2 aromatic carbocycles. The van der Waals surface area contributed by atoms with Crippen molar-refractivity contribution >= 4 is 62.9 Å². The minimum absolute atomic E-state index is 0.117. The number of aromatic nitrogens is 1. The number of carbonyl (C=O) groups is 3. The van der Waals surface area contributed by atoms with Gasteiger partial charge in [0.25, 0.3) is 5.56 Å². The van der Waals surface area contributed by atoms with E-state index in [0.717, 1.165) is 11.3 Å². The van der Waals surface area contributed by atoms with Crippen LogP contribution in [0.3, 0.4) is 0 Å². The molecule has 15 heteroatoms. The molecule has 0 fully saturated rings. The molecule has 0 spiro atoms. The molecule has 4 rings (SSSR count). The van der Waals surface area contributed by atoms with E-state index in [4.69, 9.17) is 35.3 Å². The largest absolute Gasteiger partial charge is 0.490 e. The van der Waals surface area contributed by atoms with Crippen molar-refractivity contribution in [1.29, 1.82) is 0 Å². The normalized spacial score (nSPS) is 14.2. The molecule has 0 bridgehead atoms. The van der Waals surface area contributed by atoms with Crippen LogP contribution in [-0.4, -0.2) is 62.6 Å². The summed E-state index contributed by atoms with van der Waals surface area (Å²) in [7, 11) is 1.26. The monoisotopic (exact) mass is 750 g/mol. The number of nitrogens with zero attached hydrogens (tertiary/aromatic N) is 2. The number of halogens is 2. The maximum absolute atomic E-state index is 14.1. The maximum Gasteiger partial charge on any atom is 0.344 e. The average Bonchev–Trinajstić information content (AvgIpc) is 3.33. The zero-order valence-electron chi connectivity index (χ0n) is 26.2. The lowest BCUT2D eigenvalue weighted by Crippen LogP contribution is -2.40. The van der Waals surface area contributed by atoms with Crippen LogP contribution in [0.15, 0.2) is 55.9 Å². The lowest BCUT2D eigenvalue weighted by molar-refractivity contribution is -0.145. The number of allylic oxidation sites excluding steroid dienone is 1. The van der Waals surface area contributed by atoms with E-state index in [2.05, 4.69) is 25.7 Å². The molecule has 0 amide bonds. The fraction of sp³-hybridized carbons (Fsp3) is 0.344. The Morgan fingerprint density at radius 3 is 2.36 bits per heavy atom. The van der Waals surface area contributed by atoms with E-state index < -0.39 is 29.5 Å². The predicted molar refractivity (Wildman–Crippen MR) is 177 cm³/mol. The molecule has 250 valence electrons. The zero-order chi connectivity index (χ0) is 34.2. The topological polar surface area (TPSA) is 141 Å². The van der Waals surface area contributed by atoms with Crippen LogP contribution >= 0.6 is 38.9 Å². The van der Waals surface area contributed by atoms with Gasteiger partial charge in [-0.3, -0.25) is 9.36 Å². The van der Waals surface area contributed by atoms with Gasteiger partial charge in [0.05, 0.1) is 58.3 Å². The van der Waals surface area contributed by atoms with Gasteiger partial charge in [-0.25, -0.2) is 19.4 Å². The second-order valence-corrected chi connectivity index (χ2v) is 12.0. The molecule has 0 saturated heterocycles.